The smallest absolute Gasteiger partial charge is 0.195 e. The molecule has 0 amide bonds. The second-order valence-corrected chi connectivity index (χ2v) is 5.01. The van der Waals surface area contributed by atoms with Crippen LogP contribution in [0.25, 0.3) is 0 Å². The minimum Gasteiger partial charge on any atom is -0.445 e. The van der Waals surface area contributed by atoms with Gasteiger partial charge in [-0.3, -0.25) is 0 Å². The minimum atomic E-state index is 0.429. The molecule has 1 aliphatic carbocycles. The van der Waals surface area contributed by atoms with Gasteiger partial charge in [-0.15, -0.1) is 0 Å². The third kappa shape index (κ3) is 2.40. The van der Waals surface area contributed by atoms with Gasteiger partial charge in [0.25, 0.3) is 0 Å². The lowest BCUT2D eigenvalue weighted by Crippen LogP contribution is -2.16. The van der Waals surface area contributed by atoms with Crippen LogP contribution in [0.5, 0.6) is 0 Å². The number of nitrogens with one attached hydrogen (secondary N) is 1. The standard InChI is InChI=1S/C12H20N2O/c1-4-13-6-5-11-14-8-10(15-11)9-7-12(9,2)3/h8-9,13H,4-7H2,1-3H3. The molecule has 0 aliphatic heterocycles. The van der Waals surface area contributed by atoms with Crippen LogP contribution in [0, 0.1) is 5.41 Å². The summed E-state index contributed by atoms with van der Waals surface area (Å²) in [4.78, 5) is 4.31. The lowest BCUT2D eigenvalue weighted by atomic mass is 10.1. The van der Waals surface area contributed by atoms with Crippen molar-refractivity contribution in [2.24, 2.45) is 5.41 Å². The fraction of sp³-hybridized carbons (Fsp3) is 0.750. The molecule has 0 spiro atoms. The largest absolute Gasteiger partial charge is 0.445 e. The highest BCUT2D eigenvalue weighted by atomic mass is 16.4. The zero-order valence-corrected chi connectivity index (χ0v) is 9.84. The van der Waals surface area contributed by atoms with Crippen molar-refractivity contribution in [1.82, 2.24) is 10.3 Å². The molecule has 1 atom stereocenters. The minimum absolute atomic E-state index is 0.429. The average molecular weight is 208 g/mol. The maximum Gasteiger partial charge on any atom is 0.195 e. The Morgan fingerprint density at radius 2 is 2.33 bits per heavy atom. The van der Waals surface area contributed by atoms with E-state index in [2.05, 4.69) is 31.1 Å². The fourth-order valence-electron chi connectivity index (χ4n) is 1.93. The van der Waals surface area contributed by atoms with E-state index in [-0.39, 0.29) is 0 Å². The SMILES string of the molecule is CCNCCc1ncc(C2CC2(C)C)o1. The van der Waals surface area contributed by atoms with Crippen molar-refractivity contribution in [3.05, 3.63) is 17.8 Å². The van der Waals surface area contributed by atoms with Gasteiger partial charge in [-0.1, -0.05) is 20.8 Å². The van der Waals surface area contributed by atoms with Crippen LogP contribution in [0.15, 0.2) is 10.6 Å². The van der Waals surface area contributed by atoms with Gasteiger partial charge < -0.3 is 9.73 Å². The molecule has 0 saturated heterocycles. The number of nitrogens with zero attached hydrogens (tertiary/aromatic N) is 1. The summed E-state index contributed by atoms with van der Waals surface area (Å²) in [7, 11) is 0. The number of likely N-dealkylation sites (N-methyl/N-ethyl adjacent to an activating group) is 1. The molecule has 1 unspecified atom stereocenters. The highest BCUT2D eigenvalue weighted by Crippen LogP contribution is 2.58. The first kappa shape index (κ1) is 10.7. The van der Waals surface area contributed by atoms with Crippen LogP contribution in [0.1, 0.15) is 44.8 Å². The van der Waals surface area contributed by atoms with Crippen LogP contribution in [0.3, 0.4) is 0 Å². The van der Waals surface area contributed by atoms with E-state index in [1.54, 1.807) is 0 Å². The van der Waals surface area contributed by atoms with E-state index in [9.17, 15) is 0 Å². The summed E-state index contributed by atoms with van der Waals surface area (Å²) in [6.45, 7) is 8.61. The second-order valence-electron chi connectivity index (χ2n) is 5.01. The number of oxazole rings is 1. The maximum atomic E-state index is 5.74. The quantitative estimate of drug-likeness (QED) is 0.755. The molecule has 1 saturated carbocycles. The molecule has 2 rings (SSSR count). The number of hydrogen-bond acceptors (Lipinski definition) is 3. The molecular formula is C12H20N2O. The van der Waals surface area contributed by atoms with Crippen LogP contribution in [0.2, 0.25) is 0 Å². The van der Waals surface area contributed by atoms with Crippen LogP contribution in [0.4, 0.5) is 0 Å². The van der Waals surface area contributed by atoms with Gasteiger partial charge in [0.15, 0.2) is 5.89 Å². The lowest BCUT2D eigenvalue weighted by Gasteiger charge is -1.99. The van der Waals surface area contributed by atoms with Crippen molar-refractivity contribution < 1.29 is 4.42 Å². The van der Waals surface area contributed by atoms with Crippen molar-refractivity contribution in [2.45, 2.75) is 39.5 Å². The van der Waals surface area contributed by atoms with E-state index in [4.69, 9.17) is 4.42 Å². The predicted molar refractivity (Wildman–Crippen MR) is 59.9 cm³/mol. The Kier molecular flexibility index (Phi) is 2.83. The topological polar surface area (TPSA) is 38.1 Å². The van der Waals surface area contributed by atoms with E-state index < -0.39 is 0 Å². The molecular weight excluding hydrogens is 188 g/mol. The average Bonchev–Trinajstić information content (AvgIpc) is 2.64. The first-order chi connectivity index (χ1) is 7.13. The van der Waals surface area contributed by atoms with Crippen LogP contribution in [-0.4, -0.2) is 18.1 Å². The number of rotatable bonds is 5. The summed E-state index contributed by atoms with van der Waals surface area (Å²) in [5.74, 6) is 2.54. The molecule has 1 N–H and O–H groups in total. The Labute approximate surface area is 91.3 Å². The Balaban J connectivity index is 1.88. The third-order valence-corrected chi connectivity index (χ3v) is 3.19. The van der Waals surface area contributed by atoms with Crippen LogP contribution in [-0.2, 0) is 6.42 Å². The van der Waals surface area contributed by atoms with Gasteiger partial charge >= 0.3 is 0 Å². The van der Waals surface area contributed by atoms with E-state index in [1.807, 2.05) is 6.20 Å². The molecule has 1 heterocycles. The summed E-state index contributed by atoms with van der Waals surface area (Å²) in [5, 5.41) is 3.27. The zero-order valence-electron chi connectivity index (χ0n) is 9.84. The van der Waals surface area contributed by atoms with E-state index >= 15 is 0 Å². The maximum absolute atomic E-state index is 5.74. The molecule has 3 heteroatoms. The predicted octanol–water partition coefficient (Wildman–Crippen LogP) is 2.34. The third-order valence-electron chi connectivity index (χ3n) is 3.19. The normalized spacial score (nSPS) is 23.0. The molecule has 1 aromatic rings. The summed E-state index contributed by atoms with van der Waals surface area (Å²) >= 11 is 0. The van der Waals surface area contributed by atoms with Crippen molar-refractivity contribution in [1.29, 1.82) is 0 Å². The summed E-state index contributed by atoms with van der Waals surface area (Å²) in [6, 6.07) is 0. The fourth-order valence-corrected chi connectivity index (χ4v) is 1.93. The lowest BCUT2D eigenvalue weighted by molar-refractivity contribution is 0.435. The summed E-state index contributed by atoms with van der Waals surface area (Å²) in [5.41, 5.74) is 0.429. The first-order valence-corrected chi connectivity index (χ1v) is 5.79. The monoisotopic (exact) mass is 208 g/mol. The Morgan fingerprint density at radius 1 is 1.60 bits per heavy atom. The molecule has 0 aromatic carbocycles. The van der Waals surface area contributed by atoms with Gasteiger partial charge in [0, 0.05) is 18.9 Å². The number of aromatic nitrogens is 1. The van der Waals surface area contributed by atoms with Gasteiger partial charge in [0.1, 0.15) is 5.76 Å². The molecule has 1 aromatic heterocycles. The molecule has 1 aliphatic rings. The molecule has 1 fully saturated rings. The van der Waals surface area contributed by atoms with E-state index in [1.165, 1.54) is 6.42 Å². The van der Waals surface area contributed by atoms with E-state index in [0.29, 0.717) is 11.3 Å². The molecule has 0 radical (unpaired) electrons. The zero-order chi connectivity index (χ0) is 10.9. The molecule has 15 heavy (non-hydrogen) atoms. The van der Waals surface area contributed by atoms with Crippen molar-refractivity contribution in [3.63, 3.8) is 0 Å². The van der Waals surface area contributed by atoms with Crippen molar-refractivity contribution in [2.75, 3.05) is 13.1 Å². The van der Waals surface area contributed by atoms with Crippen molar-refractivity contribution >= 4 is 0 Å². The van der Waals surface area contributed by atoms with E-state index in [0.717, 1.165) is 31.2 Å². The highest BCUT2D eigenvalue weighted by Gasteiger charge is 2.48. The first-order valence-electron chi connectivity index (χ1n) is 5.79. The van der Waals surface area contributed by atoms with Crippen molar-refractivity contribution in [3.8, 4) is 0 Å². The Morgan fingerprint density at radius 3 is 2.93 bits per heavy atom. The second kappa shape index (κ2) is 3.97. The molecule has 0 bridgehead atoms. The van der Waals surface area contributed by atoms with Crippen LogP contribution < -0.4 is 5.32 Å². The number of hydrogen-bond donors (Lipinski definition) is 1. The molecule has 3 nitrogen and oxygen atoms in total. The van der Waals surface area contributed by atoms with Crippen LogP contribution >= 0.6 is 0 Å². The Hall–Kier alpha value is -0.830. The summed E-state index contributed by atoms with van der Waals surface area (Å²) < 4.78 is 5.74. The molecule has 84 valence electrons. The van der Waals surface area contributed by atoms with Gasteiger partial charge in [0.05, 0.1) is 6.20 Å². The highest BCUT2D eigenvalue weighted by molar-refractivity contribution is 5.17. The van der Waals surface area contributed by atoms with Gasteiger partial charge in [-0.25, -0.2) is 4.98 Å². The van der Waals surface area contributed by atoms with Gasteiger partial charge in [-0.05, 0) is 18.4 Å². The Bertz CT molecular complexity index is 330. The van der Waals surface area contributed by atoms with Gasteiger partial charge in [0.2, 0.25) is 0 Å². The van der Waals surface area contributed by atoms with Gasteiger partial charge in [-0.2, -0.15) is 0 Å². The summed E-state index contributed by atoms with van der Waals surface area (Å²) in [6.07, 6.45) is 4.02.